The fraction of sp³-hybridized carbons (Fsp3) is 0.169. The summed E-state index contributed by atoms with van der Waals surface area (Å²) in [6, 6.07) is 29.9. The molecule has 12 aromatic rings. The molecule has 91 heavy (non-hydrogen) atoms. The second kappa shape index (κ2) is 25.0. The smallest absolute Gasteiger partial charge is 0.236 e. The molecule has 3 aliphatic rings. The molecule has 0 aliphatic carbocycles. The number of hydrogen-bond acceptors (Lipinski definition) is 19. The molecule has 0 bridgehead atoms. The van der Waals surface area contributed by atoms with E-state index in [0.29, 0.717) is 109 Å². The van der Waals surface area contributed by atoms with Gasteiger partial charge >= 0.3 is 0 Å². The number of fused-ring (bicyclic) bond motifs is 6. The third-order valence-electron chi connectivity index (χ3n) is 14.7. The monoisotopic (exact) mass is 1250 g/mol. The predicted molar refractivity (Wildman–Crippen MR) is 333 cm³/mol. The van der Waals surface area contributed by atoms with E-state index in [2.05, 4.69) is 40.9 Å². The summed E-state index contributed by atoms with van der Waals surface area (Å²) in [5, 5.41) is 19.7. The van der Waals surface area contributed by atoms with Gasteiger partial charge in [0, 0.05) is 59.3 Å². The van der Waals surface area contributed by atoms with Crippen LogP contribution >= 0.6 is 11.6 Å². The van der Waals surface area contributed by atoms with Gasteiger partial charge in [0.15, 0.2) is 51.9 Å². The van der Waals surface area contributed by atoms with Crippen molar-refractivity contribution in [1.29, 1.82) is 0 Å². The van der Waals surface area contributed by atoms with Gasteiger partial charge in [0.25, 0.3) is 0 Å². The minimum absolute atomic E-state index is 0.0325. The molecule has 0 fully saturated rings. The molecular formula is C65H54ClF3N12O10. The Morgan fingerprint density at radius 3 is 1.41 bits per heavy atom. The van der Waals surface area contributed by atoms with Crippen LogP contribution < -0.4 is 58.6 Å². The van der Waals surface area contributed by atoms with Gasteiger partial charge < -0.3 is 63.7 Å². The van der Waals surface area contributed by atoms with Crippen molar-refractivity contribution in [1.82, 2.24) is 43.1 Å². The van der Waals surface area contributed by atoms with Gasteiger partial charge in [-0.2, -0.15) is 0 Å². The van der Waals surface area contributed by atoms with Crippen molar-refractivity contribution < 1.29 is 60.9 Å². The third-order valence-corrected chi connectivity index (χ3v) is 15.0. The van der Waals surface area contributed by atoms with Crippen molar-refractivity contribution in [2.75, 3.05) is 76.9 Å². The van der Waals surface area contributed by atoms with Crippen molar-refractivity contribution in [2.24, 2.45) is 0 Å². The van der Waals surface area contributed by atoms with Crippen LogP contribution in [0.2, 0.25) is 5.02 Å². The zero-order chi connectivity index (χ0) is 62.9. The molecule has 22 nitrogen and oxygen atoms in total. The number of benzene rings is 4. The van der Waals surface area contributed by atoms with E-state index >= 15 is 0 Å². The van der Waals surface area contributed by atoms with Crippen LogP contribution in [0, 0.1) is 31.3 Å². The maximum atomic E-state index is 14.9. The summed E-state index contributed by atoms with van der Waals surface area (Å²) in [6.45, 7) is 7.06. The lowest BCUT2D eigenvalue weighted by atomic mass is 10.0. The van der Waals surface area contributed by atoms with Gasteiger partial charge in [0.05, 0.1) is 62.3 Å². The number of aryl methyl sites for hydroxylation is 2. The molecule has 0 radical (unpaired) electrons. The van der Waals surface area contributed by atoms with E-state index in [9.17, 15) is 18.3 Å². The number of ether oxygens (including phenoxy) is 9. The van der Waals surface area contributed by atoms with Gasteiger partial charge in [0.2, 0.25) is 17.5 Å². The third kappa shape index (κ3) is 11.6. The molecule has 4 aromatic carbocycles. The number of aromatic hydroxyl groups is 1. The zero-order valence-corrected chi connectivity index (χ0v) is 49.9. The maximum absolute atomic E-state index is 14.9. The van der Waals surface area contributed by atoms with Gasteiger partial charge in [-0.15, -0.1) is 0 Å². The Balaban J connectivity index is 0.000000125. The zero-order valence-electron chi connectivity index (χ0n) is 49.2. The summed E-state index contributed by atoms with van der Waals surface area (Å²) < 4.78 is 99.2. The Morgan fingerprint density at radius 2 is 0.934 bits per heavy atom. The van der Waals surface area contributed by atoms with Gasteiger partial charge in [-0.3, -0.25) is 14.4 Å². The summed E-state index contributed by atoms with van der Waals surface area (Å²) in [7, 11) is 4.69. The van der Waals surface area contributed by atoms with Crippen molar-refractivity contribution >= 4 is 63.2 Å². The second-order valence-corrected chi connectivity index (χ2v) is 20.9. The molecule has 4 N–H and O–H groups in total. The van der Waals surface area contributed by atoms with Gasteiger partial charge in [-0.05, 0) is 91.7 Å². The van der Waals surface area contributed by atoms with Crippen LogP contribution in [0.4, 0.5) is 47.7 Å². The topological polar surface area (TPSA) is 230 Å². The van der Waals surface area contributed by atoms with E-state index in [1.165, 1.54) is 26.5 Å². The number of hydrogen-bond donors (Lipinski definition) is 4. The Bertz CT molecular complexity index is 4690. The lowest BCUT2D eigenvalue weighted by molar-refractivity contribution is 0.171. The van der Waals surface area contributed by atoms with E-state index in [0.717, 1.165) is 69.5 Å². The Kier molecular flexibility index (Phi) is 16.1. The van der Waals surface area contributed by atoms with E-state index < -0.39 is 17.5 Å². The van der Waals surface area contributed by atoms with Crippen molar-refractivity contribution in [3.05, 3.63) is 174 Å². The normalized spacial score (nSPS) is 12.8. The van der Waals surface area contributed by atoms with Crippen LogP contribution in [0.1, 0.15) is 11.1 Å². The number of phenols is 1. The highest BCUT2D eigenvalue weighted by Gasteiger charge is 2.27. The molecule has 15 rings (SSSR count). The number of imidazole rings is 3. The molecule has 11 heterocycles. The first-order chi connectivity index (χ1) is 44.3. The molecule has 462 valence electrons. The standard InChI is InChI=1S/C23H22N4O3.C22H17ClFN3O4.C20H15F2N5O3/c1-14-12-24-13-15(2)21(14)22-23(27-19(26-22)5-4-6-20(27)28-3)25-16-7-8-17-18(11-16)30-10-9-29-17;1-29-19-4-2-3-18-26-21(20-14(23)10-13(28)11-15(20)24)22(27(18)19)25-12-5-6-16-17(9-12)31-8-7-30-16;1-28-12-7-24-20-26-18(17-13(21)8-23-9-14(17)22)19(27(20)10-12)25-11-2-3-15-16(6-11)30-5-4-29-15/h4-8,11-13,25H,9-10H2,1-3H3;2-6,9-11,25,28H,7-8H2,1H3;2-3,6-10,25H,4-5H2,1H3. The quantitative estimate of drug-likeness (QED) is 0.0891. The fourth-order valence-electron chi connectivity index (χ4n) is 10.6. The number of nitrogens with one attached hydrogen (secondary N) is 3. The number of anilines is 6. The summed E-state index contributed by atoms with van der Waals surface area (Å²) in [5.41, 5.74) is 7.54. The van der Waals surface area contributed by atoms with E-state index in [1.54, 1.807) is 70.6 Å². The Morgan fingerprint density at radius 1 is 0.484 bits per heavy atom. The molecule has 0 amide bonds. The number of nitrogens with zero attached hydrogens (tertiary/aromatic N) is 9. The highest BCUT2D eigenvalue weighted by molar-refractivity contribution is 6.33. The first-order valence-corrected chi connectivity index (χ1v) is 28.6. The Hall–Kier alpha value is -11.3. The molecule has 3 aliphatic heterocycles. The summed E-state index contributed by atoms with van der Waals surface area (Å²) in [5.74, 6) is 4.72. The fourth-order valence-corrected chi connectivity index (χ4v) is 10.9. The van der Waals surface area contributed by atoms with Crippen molar-refractivity contribution in [2.45, 2.75) is 13.8 Å². The number of aromatic nitrogens is 9. The number of phenolic OH excluding ortho intramolecular Hbond substituents is 1. The van der Waals surface area contributed by atoms with Crippen LogP contribution in [0.3, 0.4) is 0 Å². The molecule has 26 heteroatoms. The number of halogens is 4. The number of methoxy groups -OCH3 is 3. The first kappa shape index (κ1) is 58.7. The largest absolute Gasteiger partial charge is 0.508 e. The van der Waals surface area contributed by atoms with Gasteiger partial charge in [-0.1, -0.05) is 23.7 Å². The lowest BCUT2D eigenvalue weighted by Gasteiger charge is -2.19. The van der Waals surface area contributed by atoms with Crippen LogP contribution in [-0.2, 0) is 0 Å². The van der Waals surface area contributed by atoms with Crippen LogP contribution in [0.25, 0.3) is 50.8 Å². The lowest BCUT2D eigenvalue weighted by Crippen LogP contribution is -2.15. The van der Waals surface area contributed by atoms with E-state index in [1.807, 2.05) is 73.1 Å². The van der Waals surface area contributed by atoms with Crippen LogP contribution in [0.5, 0.6) is 57.8 Å². The Labute approximate surface area is 521 Å². The summed E-state index contributed by atoms with van der Waals surface area (Å²) >= 11 is 6.30. The molecule has 0 saturated heterocycles. The average Bonchev–Trinajstić information content (AvgIpc) is 1.66. The molecule has 0 spiro atoms. The molecule has 0 saturated carbocycles. The minimum Gasteiger partial charge on any atom is -0.508 e. The first-order valence-electron chi connectivity index (χ1n) is 28.3. The van der Waals surface area contributed by atoms with Crippen LogP contribution in [-0.4, -0.2) is 109 Å². The number of rotatable bonds is 12. The van der Waals surface area contributed by atoms with Crippen molar-refractivity contribution in [3.63, 3.8) is 0 Å². The highest BCUT2D eigenvalue weighted by atomic mass is 35.5. The second-order valence-electron chi connectivity index (χ2n) is 20.5. The van der Waals surface area contributed by atoms with E-state index in [4.69, 9.17) is 59.2 Å². The van der Waals surface area contributed by atoms with E-state index in [-0.39, 0.29) is 39.1 Å². The summed E-state index contributed by atoms with van der Waals surface area (Å²) in [6.07, 6.45) is 8.68. The average molecular weight is 1260 g/mol. The maximum Gasteiger partial charge on any atom is 0.236 e. The molecule has 0 atom stereocenters. The molecule has 8 aromatic heterocycles. The summed E-state index contributed by atoms with van der Waals surface area (Å²) in [4.78, 5) is 25.9. The van der Waals surface area contributed by atoms with Gasteiger partial charge in [-0.25, -0.2) is 41.9 Å². The van der Waals surface area contributed by atoms with Gasteiger partial charge in [0.1, 0.15) is 97.0 Å². The van der Waals surface area contributed by atoms with Crippen molar-refractivity contribution in [3.8, 4) is 91.5 Å². The molecular weight excluding hydrogens is 1200 g/mol. The highest BCUT2D eigenvalue weighted by Crippen LogP contribution is 2.44. The van der Waals surface area contributed by atoms with Crippen LogP contribution in [0.15, 0.2) is 140 Å². The SMILES string of the molecule is COc1cccc2nc(-c3c(C)cncc3C)c(Nc3ccc4c(c3)OCCO4)n12.COc1cccc2nc(-c3c(F)cc(O)cc3Cl)c(Nc3ccc4c(c3)OCCO4)n12.COc1cnc2nc(-c3c(F)cncc3F)c(Nc3ccc4c(c3)OCCO4)n2c1. The predicted octanol–water partition coefficient (Wildman–Crippen LogP) is 13.2. The minimum atomic E-state index is -0.837. The number of pyridine rings is 4. The molecule has 0 unspecified atom stereocenters.